The third-order valence-electron chi connectivity index (χ3n) is 18.1. The summed E-state index contributed by atoms with van der Waals surface area (Å²) in [5.41, 5.74) is 9.83. The number of ether oxygens (including phenoxy) is 8. The normalized spacial score (nSPS) is 18.0. The predicted molar refractivity (Wildman–Crippen MR) is 461 cm³/mol. The van der Waals surface area contributed by atoms with Crippen molar-refractivity contribution < 1.29 is 51.1 Å². The number of aromatic nitrogens is 5. The lowest BCUT2D eigenvalue weighted by Crippen LogP contribution is -2.26. The molecule has 644 valence electrons. The van der Waals surface area contributed by atoms with Crippen molar-refractivity contribution in [1.82, 2.24) is 25.0 Å². The molecule has 0 atom stereocenters. The van der Waals surface area contributed by atoms with Gasteiger partial charge in [-0.2, -0.15) is 0 Å². The number of nitrogens with one attached hydrogen (secondary N) is 1. The van der Waals surface area contributed by atoms with Gasteiger partial charge in [0.2, 0.25) is 12.6 Å². The fourth-order valence-electron chi connectivity index (χ4n) is 13.4. The molecule has 5 aliphatic heterocycles. The molecule has 1 N–H and O–H groups in total. The van der Waals surface area contributed by atoms with Crippen LogP contribution < -0.4 is 0 Å². The molecule has 0 unspecified atom stereocenters. The van der Waals surface area contributed by atoms with E-state index in [-0.39, 0.29) is 92.7 Å². The van der Waals surface area contributed by atoms with Gasteiger partial charge in [-0.1, -0.05) is 351 Å². The second kappa shape index (κ2) is 34.8. The van der Waals surface area contributed by atoms with E-state index in [0.717, 1.165) is 54.1 Å². The van der Waals surface area contributed by atoms with Crippen molar-refractivity contribution in [2.75, 3.05) is 20.0 Å². The number of rotatable bonds is 0. The Morgan fingerprint density at radius 2 is 0.748 bits per heavy atom. The molecule has 0 fully saturated rings. The van der Waals surface area contributed by atoms with E-state index in [4.69, 9.17) is 32.8 Å². The Morgan fingerprint density at radius 1 is 0.378 bits per heavy atom. The minimum absolute atomic E-state index is 0.00359. The number of aryl methyl sites for hydroxylation is 1. The van der Waals surface area contributed by atoms with Crippen LogP contribution in [0, 0.1) is 59.6 Å². The third-order valence-corrected chi connectivity index (χ3v) is 18.1. The molecule has 8 heterocycles. The molecule has 8 rings (SSSR count). The molecule has 0 aliphatic carbocycles. The first-order valence-corrected chi connectivity index (χ1v) is 40.8. The zero-order valence-electron chi connectivity index (χ0n) is 81.8. The van der Waals surface area contributed by atoms with Crippen LogP contribution >= 0.6 is 0 Å². The Kier molecular flexibility index (Phi) is 32.5. The van der Waals surface area contributed by atoms with Crippen LogP contribution in [-0.2, 0) is 77.4 Å². The van der Waals surface area contributed by atoms with E-state index in [1.807, 2.05) is 67.1 Å². The van der Waals surface area contributed by atoms with Crippen molar-refractivity contribution in [2.24, 2.45) is 66.6 Å². The quantitative estimate of drug-likeness (QED) is 0.229. The van der Waals surface area contributed by atoms with Crippen molar-refractivity contribution >= 4 is 0 Å². The Morgan fingerprint density at radius 3 is 1.01 bits per heavy atom. The Labute approximate surface area is 680 Å². The van der Waals surface area contributed by atoms with Crippen LogP contribution in [0.1, 0.15) is 401 Å². The maximum absolute atomic E-state index is 13.0. The number of imidazole rings is 1. The number of nitrogens with zero attached hydrogens (tertiary/aromatic N) is 4. The van der Waals surface area contributed by atoms with Gasteiger partial charge in [0.1, 0.15) is 40.3 Å². The highest BCUT2D eigenvalue weighted by Crippen LogP contribution is 2.53. The highest BCUT2D eigenvalue weighted by molar-refractivity contribution is 5.32. The van der Waals surface area contributed by atoms with Gasteiger partial charge in [0.05, 0.1) is 42.9 Å². The van der Waals surface area contributed by atoms with E-state index in [9.17, 15) is 8.78 Å². The SMILES string of the molecule is CC(C)(C)C1=C(C(C)(C)C)C(C)(C)CO1.CC(C)(C)C1=C(C(C)(C)C)OC(F)(F)O1.CC(C)(C)C1=C(C(C)(C)C)OCC1.CC(C)(C)C1=C(C(C)(C)C)OCO1.CC(C)(C)c1ccoc1C(C)(C)C.CC(C)(C)c1nc[nH]c1C(C)(C)C.CC1(C)OC(C(C)(C)C)=C(C(C)(C)C)O1.Cn1nnc(C(C)(C)C)c1C(C)(C)C. The molecule has 0 aromatic carbocycles. The van der Waals surface area contributed by atoms with Crippen molar-refractivity contribution in [2.45, 2.75) is 411 Å². The Balaban J connectivity index is 0.000000635. The summed E-state index contributed by atoms with van der Waals surface area (Å²) in [4.78, 5) is 7.64. The Bertz CT molecular complexity index is 3320. The molecule has 0 amide bonds. The van der Waals surface area contributed by atoms with Crippen molar-refractivity contribution in [3.63, 3.8) is 0 Å². The topological polar surface area (TPSA) is 146 Å². The number of alkyl halides is 2. The third kappa shape index (κ3) is 31.3. The fourth-order valence-corrected chi connectivity index (χ4v) is 13.4. The fraction of sp³-hybridized carbons (Fsp3) is 0.800. The molecule has 3 aromatic rings. The second-order valence-electron chi connectivity index (χ2n) is 48.6. The lowest BCUT2D eigenvalue weighted by molar-refractivity contribution is -0.342. The van der Waals surface area contributed by atoms with Crippen LogP contribution in [0.5, 0.6) is 0 Å². The van der Waals surface area contributed by atoms with Crippen LogP contribution in [0.25, 0.3) is 0 Å². The van der Waals surface area contributed by atoms with Gasteiger partial charge in [0.15, 0.2) is 11.5 Å². The van der Waals surface area contributed by atoms with Gasteiger partial charge in [0, 0.05) is 109 Å². The zero-order valence-corrected chi connectivity index (χ0v) is 81.8. The summed E-state index contributed by atoms with van der Waals surface area (Å²) >= 11 is 0. The zero-order chi connectivity index (χ0) is 88.5. The maximum atomic E-state index is 13.0. The van der Waals surface area contributed by atoms with Crippen molar-refractivity contribution in [3.05, 3.63) is 110 Å². The van der Waals surface area contributed by atoms with Gasteiger partial charge in [-0.3, -0.25) is 4.68 Å². The summed E-state index contributed by atoms with van der Waals surface area (Å²) in [5, 5.41) is 8.38. The molecule has 3 aromatic heterocycles. The van der Waals surface area contributed by atoms with E-state index >= 15 is 0 Å². The average Bonchev–Trinajstić information content (AvgIpc) is 1.63. The number of furan rings is 1. The number of allylic oxidation sites excluding steroid dienone is 8. The van der Waals surface area contributed by atoms with Gasteiger partial charge < -0.3 is 47.3 Å². The van der Waals surface area contributed by atoms with E-state index in [2.05, 4.69) is 340 Å². The number of aromatic amines is 1. The van der Waals surface area contributed by atoms with E-state index < -0.39 is 22.9 Å². The second-order valence-corrected chi connectivity index (χ2v) is 48.6. The molecule has 14 nitrogen and oxygen atoms in total. The molecule has 0 saturated carbocycles. The van der Waals surface area contributed by atoms with E-state index in [0.29, 0.717) is 6.79 Å². The number of hydrogen-bond acceptors (Lipinski definition) is 12. The Hall–Kier alpha value is -5.41. The lowest BCUT2D eigenvalue weighted by Gasteiger charge is -2.33. The maximum Gasteiger partial charge on any atom is 0.585 e. The van der Waals surface area contributed by atoms with Crippen LogP contribution in [0.15, 0.2) is 80.3 Å². The minimum atomic E-state index is -3.52. The molecular weight excluding hydrogens is 1390 g/mol. The summed E-state index contributed by atoms with van der Waals surface area (Å²) in [6, 6.07) is 2.08. The van der Waals surface area contributed by atoms with E-state index in [1.165, 1.54) is 45.3 Å². The molecule has 16 heteroatoms. The van der Waals surface area contributed by atoms with E-state index in [1.54, 1.807) is 12.6 Å². The van der Waals surface area contributed by atoms with Gasteiger partial charge >= 0.3 is 6.29 Å². The monoisotopic (exact) mass is 1560 g/mol. The number of H-pyrrole nitrogens is 1. The first-order valence-electron chi connectivity index (χ1n) is 40.8. The first-order chi connectivity index (χ1) is 48.4. The van der Waals surface area contributed by atoms with Crippen LogP contribution in [0.2, 0.25) is 0 Å². The average molecular weight is 1570 g/mol. The number of halogens is 2. The van der Waals surface area contributed by atoms with Gasteiger partial charge in [-0.25, -0.2) is 4.98 Å². The molecular formula is C95H171F2N5O9. The van der Waals surface area contributed by atoms with Crippen LogP contribution in [0.3, 0.4) is 0 Å². The molecule has 0 spiro atoms. The molecule has 111 heavy (non-hydrogen) atoms. The summed E-state index contributed by atoms with van der Waals surface area (Å²) in [6.07, 6.45) is 1.17. The predicted octanol–water partition coefficient (Wildman–Crippen LogP) is 28.7. The summed E-state index contributed by atoms with van der Waals surface area (Å²) in [7, 11) is 1.96. The van der Waals surface area contributed by atoms with Gasteiger partial charge in [-0.05, 0) is 39.0 Å². The summed E-state index contributed by atoms with van der Waals surface area (Å²) in [5.74, 6) is 7.46. The molecule has 0 bridgehead atoms. The highest BCUT2D eigenvalue weighted by Gasteiger charge is 2.52. The van der Waals surface area contributed by atoms with Crippen molar-refractivity contribution in [1.29, 1.82) is 0 Å². The first kappa shape index (κ1) is 104. The van der Waals surface area contributed by atoms with Crippen LogP contribution in [-0.4, -0.2) is 57.1 Å². The van der Waals surface area contributed by atoms with Crippen LogP contribution in [0.4, 0.5) is 8.78 Å². The summed E-state index contributed by atoms with van der Waals surface area (Å²) in [6.45, 7) is 114. The van der Waals surface area contributed by atoms with Gasteiger partial charge in [-0.15, -0.1) is 13.9 Å². The molecule has 0 saturated heterocycles. The minimum Gasteiger partial charge on any atom is -0.497 e. The molecule has 5 aliphatic rings. The largest absolute Gasteiger partial charge is 0.585 e. The summed E-state index contributed by atoms with van der Waals surface area (Å²) < 4.78 is 77.2. The molecule has 0 radical (unpaired) electrons. The standard InChI is InChI=1S/C14H26O.C13H24O2.C12H22O.C12H20O.C11H18F2O2.C11H21N3.C11H20N2.C11H20O2/c1-12(2,3)10-11(13(4,5)6)15-9-14(10,7)8;1-11(2,3)9-10(12(4,5)6)15-13(7,8)14-9;2*1-11(2,3)9-7-8-13-10(9)12(4,5)6;1-9(2,3)7-8(10(4,5)6)15-11(12,13)14-7;1-10(2,3)8-9(11(4,5)6)14(7)13-12-8;2*1-10(2,3)8-9(11(4,5)6)13-7-12-8/h9H2,1-8H3;1-8H3;7-8H2,1-6H3;7-8H,1-6H3;1-6H3;1-7H3;7H,1-6H3,(H,12,13);7H2,1-6H3. The lowest BCUT2D eigenvalue weighted by atomic mass is 9.69. The number of hydrogen-bond donors (Lipinski definition) is 1. The smallest absolute Gasteiger partial charge is 0.497 e. The van der Waals surface area contributed by atoms with Crippen molar-refractivity contribution in [3.8, 4) is 0 Å². The van der Waals surface area contributed by atoms with Gasteiger partial charge in [0.25, 0.3) is 0 Å². The highest BCUT2D eigenvalue weighted by atomic mass is 19.3.